The van der Waals surface area contributed by atoms with Crippen LogP contribution in [-0.2, 0) is 14.3 Å². The topological polar surface area (TPSA) is 72.6 Å². The van der Waals surface area contributed by atoms with Gasteiger partial charge < -0.3 is 15.4 Å². The fourth-order valence-electron chi connectivity index (χ4n) is 2.11. The van der Waals surface area contributed by atoms with Crippen molar-refractivity contribution in [3.63, 3.8) is 0 Å². The Kier molecular flexibility index (Phi) is 5.41. The average Bonchev–Trinajstić information content (AvgIpc) is 2.52. The third kappa shape index (κ3) is 3.70. The van der Waals surface area contributed by atoms with Crippen LogP contribution in [0.25, 0.3) is 0 Å². The van der Waals surface area contributed by atoms with Crippen molar-refractivity contribution in [1.82, 2.24) is 4.90 Å². The second-order valence-corrected chi connectivity index (χ2v) is 4.46. The number of hydrogen-bond donors (Lipinski definition) is 1. The van der Waals surface area contributed by atoms with Crippen LogP contribution in [0.2, 0.25) is 0 Å². The zero-order chi connectivity index (χ0) is 12.8. The lowest BCUT2D eigenvalue weighted by molar-refractivity contribution is -0.151. The summed E-state index contributed by atoms with van der Waals surface area (Å²) in [7, 11) is 0. The summed E-state index contributed by atoms with van der Waals surface area (Å²) in [5.74, 6) is -0.938. The smallest absolute Gasteiger partial charge is 0.332 e. The SMILES string of the molecule is CCOC(=O)C(N)C(=O)N1CCCCCC1C. The summed E-state index contributed by atoms with van der Waals surface area (Å²) in [6, 6.07) is -1.01. The molecule has 0 bridgehead atoms. The fraction of sp³-hybridized carbons (Fsp3) is 0.833. The molecule has 0 aromatic carbocycles. The Morgan fingerprint density at radius 1 is 1.41 bits per heavy atom. The molecule has 2 unspecified atom stereocenters. The Hall–Kier alpha value is -1.10. The van der Waals surface area contributed by atoms with Crippen LogP contribution in [0.5, 0.6) is 0 Å². The highest BCUT2D eigenvalue weighted by atomic mass is 16.5. The van der Waals surface area contributed by atoms with Crippen molar-refractivity contribution in [1.29, 1.82) is 0 Å². The van der Waals surface area contributed by atoms with Crippen LogP contribution < -0.4 is 5.73 Å². The molecule has 0 aromatic rings. The van der Waals surface area contributed by atoms with Gasteiger partial charge in [-0.1, -0.05) is 12.8 Å². The molecule has 5 heteroatoms. The fourth-order valence-corrected chi connectivity index (χ4v) is 2.11. The number of carbonyl (C=O) groups is 2. The normalized spacial score (nSPS) is 22.8. The summed E-state index contributed by atoms with van der Waals surface area (Å²) >= 11 is 0. The molecule has 1 saturated heterocycles. The Balaban J connectivity index is 2.63. The molecule has 5 nitrogen and oxygen atoms in total. The maximum atomic E-state index is 12.1. The summed E-state index contributed by atoms with van der Waals surface area (Å²) in [5.41, 5.74) is 5.63. The molecule has 17 heavy (non-hydrogen) atoms. The number of carbonyl (C=O) groups excluding carboxylic acids is 2. The Bertz CT molecular complexity index is 281. The molecule has 98 valence electrons. The van der Waals surface area contributed by atoms with Crippen LogP contribution in [-0.4, -0.2) is 42.0 Å². The van der Waals surface area contributed by atoms with Crippen LogP contribution in [0.4, 0.5) is 0 Å². The molecule has 0 radical (unpaired) electrons. The second-order valence-electron chi connectivity index (χ2n) is 4.46. The molecule has 2 N–H and O–H groups in total. The first kappa shape index (κ1) is 14.0. The van der Waals surface area contributed by atoms with Crippen molar-refractivity contribution >= 4 is 11.9 Å². The zero-order valence-electron chi connectivity index (χ0n) is 10.6. The van der Waals surface area contributed by atoms with Crippen LogP contribution in [0.3, 0.4) is 0 Å². The molecular formula is C12H22N2O3. The van der Waals surface area contributed by atoms with Gasteiger partial charge in [0.1, 0.15) is 0 Å². The minimum atomic E-state index is -1.17. The molecule has 1 aliphatic rings. The maximum absolute atomic E-state index is 12.1. The van der Waals surface area contributed by atoms with Crippen LogP contribution in [0.1, 0.15) is 39.5 Å². The monoisotopic (exact) mass is 242 g/mol. The minimum Gasteiger partial charge on any atom is -0.464 e. The highest BCUT2D eigenvalue weighted by molar-refractivity contribution is 6.01. The second kappa shape index (κ2) is 6.59. The van der Waals surface area contributed by atoms with E-state index in [1.54, 1.807) is 11.8 Å². The van der Waals surface area contributed by atoms with Gasteiger partial charge in [0.15, 0.2) is 6.04 Å². The van der Waals surface area contributed by atoms with Crippen molar-refractivity contribution in [3.8, 4) is 0 Å². The van der Waals surface area contributed by atoms with Gasteiger partial charge in [0, 0.05) is 12.6 Å². The first-order valence-corrected chi connectivity index (χ1v) is 6.30. The molecule has 1 aliphatic heterocycles. The van der Waals surface area contributed by atoms with Gasteiger partial charge in [-0.15, -0.1) is 0 Å². The predicted molar refractivity (Wildman–Crippen MR) is 64.3 cm³/mol. The van der Waals surface area contributed by atoms with Gasteiger partial charge in [0.05, 0.1) is 6.61 Å². The van der Waals surface area contributed by atoms with Gasteiger partial charge in [0.2, 0.25) is 0 Å². The van der Waals surface area contributed by atoms with Crippen LogP contribution in [0.15, 0.2) is 0 Å². The summed E-state index contributed by atoms with van der Waals surface area (Å²) < 4.78 is 4.77. The van der Waals surface area contributed by atoms with Gasteiger partial charge in [-0.05, 0) is 26.7 Å². The van der Waals surface area contributed by atoms with Gasteiger partial charge in [-0.3, -0.25) is 4.79 Å². The molecule has 1 heterocycles. The van der Waals surface area contributed by atoms with Crippen molar-refractivity contribution < 1.29 is 14.3 Å². The zero-order valence-corrected chi connectivity index (χ0v) is 10.6. The number of amides is 1. The lowest BCUT2D eigenvalue weighted by Gasteiger charge is -2.28. The first-order valence-electron chi connectivity index (χ1n) is 6.30. The number of hydrogen-bond acceptors (Lipinski definition) is 4. The number of nitrogens with two attached hydrogens (primary N) is 1. The van der Waals surface area contributed by atoms with Crippen molar-refractivity contribution in [2.45, 2.75) is 51.6 Å². The van der Waals surface area contributed by atoms with Gasteiger partial charge in [-0.25, -0.2) is 4.79 Å². The molecule has 1 rings (SSSR count). The van der Waals surface area contributed by atoms with E-state index in [4.69, 9.17) is 10.5 Å². The number of esters is 1. The van der Waals surface area contributed by atoms with E-state index in [9.17, 15) is 9.59 Å². The van der Waals surface area contributed by atoms with E-state index >= 15 is 0 Å². The predicted octanol–water partition coefficient (Wildman–Crippen LogP) is 0.668. The molecule has 0 spiro atoms. The maximum Gasteiger partial charge on any atom is 0.332 e. The number of rotatable bonds is 3. The van der Waals surface area contributed by atoms with Gasteiger partial charge >= 0.3 is 5.97 Å². The summed E-state index contributed by atoms with van der Waals surface area (Å²) in [4.78, 5) is 25.2. The molecule has 0 aliphatic carbocycles. The number of ether oxygens (including phenoxy) is 1. The molecule has 1 fully saturated rings. The Morgan fingerprint density at radius 2 is 2.12 bits per heavy atom. The minimum absolute atomic E-state index is 0.158. The summed E-state index contributed by atoms with van der Waals surface area (Å²) in [5, 5.41) is 0. The lowest BCUT2D eigenvalue weighted by Crippen LogP contribution is -2.51. The Labute approximate surface area is 102 Å². The van der Waals surface area contributed by atoms with Crippen molar-refractivity contribution in [3.05, 3.63) is 0 Å². The molecular weight excluding hydrogens is 220 g/mol. The van der Waals surface area contributed by atoms with E-state index < -0.39 is 12.0 Å². The van der Waals surface area contributed by atoms with Gasteiger partial charge in [0.25, 0.3) is 5.91 Å². The van der Waals surface area contributed by atoms with E-state index in [-0.39, 0.29) is 18.6 Å². The van der Waals surface area contributed by atoms with Crippen LogP contribution in [0, 0.1) is 0 Å². The molecule has 2 atom stereocenters. The first-order chi connectivity index (χ1) is 8.07. The largest absolute Gasteiger partial charge is 0.464 e. The quantitative estimate of drug-likeness (QED) is 0.583. The molecule has 1 amide bonds. The number of likely N-dealkylation sites (tertiary alicyclic amines) is 1. The number of nitrogens with zero attached hydrogens (tertiary/aromatic N) is 1. The molecule has 0 saturated carbocycles. The van der Waals surface area contributed by atoms with Gasteiger partial charge in [-0.2, -0.15) is 0 Å². The van der Waals surface area contributed by atoms with E-state index in [0.717, 1.165) is 25.7 Å². The highest BCUT2D eigenvalue weighted by Crippen LogP contribution is 2.17. The molecule has 0 aromatic heterocycles. The average molecular weight is 242 g/mol. The Morgan fingerprint density at radius 3 is 2.76 bits per heavy atom. The standard InChI is InChI=1S/C12H22N2O3/c1-3-17-12(16)10(13)11(15)14-8-6-4-5-7-9(14)2/h9-10H,3-8,13H2,1-2H3. The van der Waals surface area contributed by atoms with Crippen molar-refractivity contribution in [2.75, 3.05) is 13.2 Å². The van der Waals surface area contributed by atoms with E-state index in [0.29, 0.717) is 6.54 Å². The van der Waals surface area contributed by atoms with Crippen molar-refractivity contribution in [2.24, 2.45) is 5.73 Å². The summed E-state index contributed by atoms with van der Waals surface area (Å²) in [6.07, 6.45) is 4.20. The van der Waals surface area contributed by atoms with E-state index in [1.165, 1.54) is 0 Å². The highest BCUT2D eigenvalue weighted by Gasteiger charge is 2.31. The van der Waals surface area contributed by atoms with E-state index in [2.05, 4.69) is 0 Å². The van der Waals surface area contributed by atoms with Crippen LogP contribution >= 0.6 is 0 Å². The van der Waals surface area contributed by atoms with E-state index in [1.807, 2.05) is 6.92 Å². The third-order valence-electron chi connectivity index (χ3n) is 3.14. The summed E-state index contributed by atoms with van der Waals surface area (Å²) in [6.45, 7) is 4.63. The lowest BCUT2D eigenvalue weighted by atomic mass is 10.1. The third-order valence-corrected chi connectivity index (χ3v) is 3.14.